The molecule has 1 aliphatic carbocycles. The van der Waals surface area contributed by atoms with Gasteiger partial charge in [-0.25, -0.2) is 0 Å². The van der Waals surface area contributed by atoms with Crippen molar-refractivity contribution in [2.45, 2.75) is 57.2 Å². The molecule has 0 aromatic rings. The van der Waals surface area contributed by atoms with Crippen LogP contribution in [0.25, 0.3) is 0 Å². The van der Waals surface area contributed by atoms with E-state index >= 15 is 0 Å². The maximum Gasteiger partial charge on any atom is 0.326 e. The lowest BCUT2D eigenvalue weighted by molar-refractivity contribution is -0.151. The smallest absolute Gasteiger partial charge is 0.326 e. The second-order valence-corrected chi connectivity index (χ2v) is 6.65. The molecule has 0 radical (unpaired) electrons. The molecular formula is C16H31N3O2. The van der Waals surface area contributed by atoms with Gasteiger partial charge in [0.25, 0.3) is 0 Å². The fourth-order valence-electron chi connectivity index (χ4n) is 4.02. The average molecular weight is 297 g/mol. The summed E-state index contributed by atoms with van der Waals surface area (Å²) in [5.74, 6) is -0.0745. The van der Waals surface area contributed by atoms with Gasteiger partial charge in [-0.1, -0.05) is 0 Å². The van der Waals surface area contributed by atoms with E-state index in [-0.39, 0.29) is 5.97 Å². The van der Waals surface area contributed by atoms with Gasteiger partial charge in [-0.05, 0) is 66.7 Å². The first-order chi connectivity index (χ1) is 10.0. The highest BCUT2D eigenvalue weighted by molar-refractivity contribution is 5.81. The molecule has 2 aliphatic rings. The fourth-order valence-corrected chi connectivity index (χ4v) is 4.02. The molecule has 1 N–H and O–H groups in total. The van der Waals surface area contributed by atoms with Gasteiger partial charge in [0.15, 0.2) is 0 Å². The van der Waals surface area contributed by atoms with Crippen molar-refractivity contribution in [2.24, 2.45) is 0 Å². The van der Waals surface area contributed by atoms with Gasteiger partial charge in [0.1, 0.15) is 5.54 Å². The SMILES string of the molecule is CCOC(=O)C1(NC)CCC(N2CCCN(C)CC2C)C1. The molecule has 1 heterocycles. The van der Waals surface area contributed by atoms with Crippen LogP contribution in [-0.4, -0.2) is 73.7 Å². The summed E-state index contributed by atoms with van der Waals surface area (Å²) in [7, 11) is 4.09. The van der Waals surface area contributed by atoms with E-state index in [4.69, 9.17) is 4.74 Å². The maximum atomic E-state index is 12.3. The standard InChI is InChI=1S/C16H31N3O2/c1-5-21-15(20)16(17-3)8-7-14(11-16)19-10-6-9-18(4)12-13(19)2/h13-14,17H,5-12H2,1-4H3. The number of nitrogens with zero attached hydrogens (tertiary/aromatic N) is 2. The molecule has 0 bridgehead atoms. The Bertz CT molecular complexity index is 363. The van der Waals surface area contributed by atoms with Crippen molar-refractivity contribution in [3.8, 4) is 0 Å². The number of hydrogen-bond donors (Lipinski definition) is 1. The van der Waals surface area contributed by atoms with E-state index in [1.165, 1.54) is 13.0 Å². The first kappa shape index (κ1) is 16.7. The molecule has 1 saturated carbocycles. The number of esters is 1. The third-order valence-electron chi connectivity index (χ3n) is 5.20. The highest BCUT2D eigenvalue weighted by atomic mass is 16.5. The number of ether oxygens (including phenoxy) is 1. The highest BCUT2D eigenvalue weighted by Gasteiger charge is 2.47. The second kappa shape index (κ2) is 7.07. The van der Waals surface area contributed by atoms with Gasteiger partial charge in [-0.3, -0.25) is 9.69 Å². The van der Waals surface area contributed by atoms with E-state index in [9.17, 15) is 4.79 Å². The normalized spacial score (nSPS) is 35.6. The maximum absolute atomic E-state index is 12.3. The average Bonchev–Trinajstić information content (AvgIpc) is 2.81. The van der Waals surface area contributed by atoms with Crippen LogP contribution in [0.4, 0.5) is 0 Å². The number of nitrogens with one attached hydrogen (secondary N) is 1. The zero-order valence-corrected chi connectivity index (χ0v) is 14.0. The minimum absolute atomic E-state index is 0.0745. The molecule has 122 valence electrons. The first-order valence-electron chi connectivity index (χ1n) is 8.33. The minimum atomic E-state index is -0.474. The van der Waals surface area contributed by atoms with Gasteiger partial charge in [0, 0.05) is 18.6 Å². The number of carbonyl (C=O) groups is 1. The summed E-state index contributed by atoms with van der Waals surface area (Å²) in [6.45, 7) is 8.06. The molecule has 3 unspecified atom stereocenters. The van der Waals surface area contributed by atoms with Crippen molar-refractivity contribution in [3.05, 3.63) is 0 Å². The van der Waals surface area contributed by atoms with Crippen molar-refractivity contribution < 1.29 is 9.53 Å². The molecule has 21 heavy (non-hydrogen) atoms. The molecule has 3 atom stereocenters. The van der Waals surface area contributed by atoms with Crippen LogP contribution in [0.15, 0.2) is 0 Å². The largest absolute Gasteiger partial charge is 0.465 e. The second-order valence-electron chi connectivity index (χ2n) is 6.65. The molecular weight excluding hydrogens is 266 g/mol. The highest BCUT2D eigenvalue weighted by Crippen LogP contribution is 2.35. The van der Waals surface area contributed by atoms with Gasteiger partial charge in [-0.15, -0.1) is 0 Å². The van der Waals surface area contributed by atoms with Crippen LogP contribution in [0.1, 0.15) is 39.5 Å². The third kappa shape index (κ3) is 3.58. The van der Waals surface area contributed by atoms with E-state index in [1.807, 2.05) is 14.0 Å². The lowest BCUT2D eigenvalue weighted by Crippen LogP contribution is -2.51. The van der Waals surface area contributed by atoms with Crippen molar-refractivity contribution >= 4 is 5.97 Å². The van der Waals surface area contributed by atoms with Crippen molar-refractivity contribution in [3.63, 3.8) is 0 Å². The summed E-state index contributed by atoms with van der Waals surface area (Å²) >= 11 is 0. The van der Waals surface area contributed by atoms with Crippen LogP contribution in [0.3, 0.4) is 0 Å². The van der Waals surface area contributed by atoms with E-state index in [1.54, 1.807) is 0 Å². The van der Waals surface area contributed by atoms with Crippen LogP contribution in [0, 0.1) is 0 Å². The number of carbonyl (C=O) groups excluding carboxylic acids is 1. The van der Waals surface area contributed by atoms with Crippen LogP contribution in [-0.2, 0) is 9.53 Å². The predicted octanol–water partition coefficient (Wildman–Crippen LogP) is 1.09. The Balaban J connectivity index is 2.04. The zero-order chi connectivity index (χ0) is 15.5. The molecule has 1 saturated heterocycles. The molecule has 5 heteroatoms. The molecule has 2 fully saturated rings. The molecule has 0 amide bonds. The summed E-state index contributed by atoms with van der Waals surface area (Å²) in [5.41, 5.74) is -0.474. The quantitative estimate of drug-likeness (QED) is 0.787. The molecule has 2 rings (SSSR count). The van der Waals surface area contributed by atoms with Gasteiger partial charge >= 0.3 is 5.97 Å². The van der Waals surface area contributed by atoms with E-state index in [0.717, 1.165) is 32.4 Å². The van der Waals surface area contributed by atoms with Gasteiger partial charge in [0.2, 0.25) is 0 Å². The Morgan fingerprint density at radius 3 is 2.86 bits per heavy atom. The van der Waals surface area contributed by atoms with Crippen LogP contribution >= 0.6 is 0 Å². The molecule has 0 spiro atoms. The first-order valence-corrected chi connectivity index (χ1v) is 8.33. The van der Waals surface area contributed by atoms with E-state index in [0.29, 0.717) is 18.7 Å². The summed E-state index contributed by atoms with van der Waals surface area (Å²) in [6, 6.07) is 1.04. The minimum Gasteiger partial charge on any atom is -0.465 e. The Morgan fingerprint density at radius 1 is 1.43 bits per heavy atom. The third-order valence-corrected chi connectivity index (χ3v) is 5.20. The Labute approximate surface area is 129 Å². The monoisotopic (exact) mass is 297 g/mol. The summed E-state index contributed by atoms with van der Waals surface area (Å²) in [5, 5.41) is 3.26. The van der Waals surface area contributed by atoms with Crippen molar-refractivity contribution in [2.75, 3.05) is 40.3 Å². The Morgan fingerprint density at radius 2 is 2.19 bits per heavy atom. The van der Waals surface area contributed by atoms with E-state index in [2.05, 4.69) is 29.1 Å². The number of likely N-dealkylation sites (N-methyl/N-ethyl adjacent to an activating group) is 2. The Hall–Kier alpha value is -0.650. The topological polar surface area (TPSA) is 44.8 Å². The molecule has 0 aromatic heterocycles. The molecule has 5 nitrogen and oxygen atoms in total. The number of hydrogen-bond acceptors (Lipinski definition) is 5. The lowest BCUT2D eigenvalue weighted by Gasteiger charge is -2.34. The van der Waals surface area contributed by atoms with Crippen LogP contribution in [0.5, 0.6) is 0 Å². The molecule has 1 aliphatic heterocycles. The fraction of sp³-hybridized carbons (Fsp3) is 0.938. The van der Waals surface area contributed by atoms with Gasteiger partial charge in [-0.2, -0.15) is 0 Å². The van der Waals surface area contributed by atoms with Crippen LogP contribution < -0.4 is 5.32 Å². The van der Waals surface area contributed by atoms with E-state index < -0.39 is 5.54 Å². The van der Waals surface area contributed by atoms with Crippen molar-refractivity contribution in [1.82, 2.24) is 15.1 Å². The van der Waals surface area contributed by atoms with Crippen molar-refractivity contribution in [1.29, 1.82) is 0 Å². The van der Waals surface area contributed by atoms with Gasteiger partial charge in [0.05, 0.1) is 6.61 Å². The number of rotatable bonds is 4. The summed E-state index contributed by atoms with van der Waals surface area (Å²) in [4.78, 5) is 17.3. The summed E-state index contributed by atoms with van der Waals surface area (Å²) < 4.78 is 5.30. The van der Waals surface area contributed by atoms with Crippen LogP contribution in [0.2, 0.25) is 0 Å². The van der Waals surface area contributed by atoms with Gasteiger partial charge < -0.3 is 15.0 Å². The lowest BCUT2D eigenvalue weighted by atomic mass is 9.97. The summed E-state index contributed by atoms with van der Waals surface area (Å²) in [6.07, 6.45) is 4.04. The Kier molecular flexibility index (Phi) is 5.63. The predicted molar refractivity (Wildman–Crippen MR) is 84.3 cm³/mol. The zero-order valence-electron chi connectivity index (χ0n) is 14.0. The molecule has 0 aromatic carbocycles.